The Morgan fingerprint density at radius 2 is 2.38 bits per heavy atom. The van der Waals surface area contributed by atoms with E-state index in [1.807, 2.05) is 13.8 Å². The van der Waals surface area contributed by atoms with Gasteiger partial charge in [-0.15, -0.1) is 0 Å². The van der Waals surface area contributed by atoms with E-state index in [0.29, 0.717) is 17.4 Å². The van der Waals surface area contributed by atoms with Crippen molar-refractivity contribution in [2.24, 2.45) is 0 Å². The minimum Gasteiger partial charge on any atom is -0.494 e. The molecule has 0 aliphatic heterocycles. The van der Waals surface area contributed by atoms with Crippen molar-refractivity contribution in [1.29, 1.82) is 0 Å². The third-order valence-corrected chi connectivity index (χ3v) is 1.92. The summed E-state index contributed by atoms with van der Waals surface area (Å²) in [5, 5.41) is 0.631. The lowest BCUT2D eigenvalue weighted by molar-refractivity contribution is 0.299. The molecule has 1 rings (SSSR count). The average molecular weight is 198 g/mol. The lowest BCUT2D eigenvalue weighted by Gasteiger charge is -2.08. The van der Waals surface area contributed by atoms with Gasteiger partial charge in [-0.1, -0.05) is 18.2 Å². The van der Waals surface area contributed by atoms with E-state index in [0.717, 1.165) is 11.3 Å². The molecule has 1 heterocycles. The summed E-state index contributed by atoms with van der Waals surface area (Å²) in [5.41, 5.74) is 1.65. The summed E-state index contributed by atoms with van der Waals surface area (Å²) < 4.78 is 5.23. The van der Waals surface area contributed by atoms with Crippen LogP contribution < -0.4 is 0 Å². The fraction of sp³-hybridized carbons (Fsp3) is 0.300. The van der Waals surface area contributed by atoms with Crippen molar-refractivity contribution in [3.05, 3.63) is 35.1 Å². The van der Waals surface area contributed by atoms with Crippen LogP contribution in [0.2, 0.25) is 5.02 Å². The Morgan fingerprint density at radius 3 is 2.92 bits per heavy atom. The van der Waals surface area contributed by atoms with Gasteiger partial charge in [0.05, 0.1) is 17.2 Å². The van der Waals surface area contributed by atoms with Gasteiger partial charge in [-0.2, -0.15) is 0 Å². The molecule has 13 heavy (non-hydrogen) atoms. The molecule has 0 aliphatic carbocycles. The summed E-state index contributed by atoms with van der Waals surface area (Å²) in [4.78, 5) is 4.12. The normalized spacial score (nSPS) is 9.77. The second-order valence-corrected chi connectivity index (χ2v) is 3.07. The molecule has 1 aromatic rings. The zero-order valence-electron chi connectivity index (χ0n) is 7.80. The van der Waals surface area contributed by atoms with Crippen molar-refractivity contribution in [2.75, 3.05) is 6.61 Å². The molecule has 0 saturated carbocycles. The van der Waals surface area contributed by atoms with E-state index in [2.05, 4.69) is 11.6 Å². The van der Waals surface area contributed by atoms with Gasteiger partial charge in [-0.05, 0) is 19.9 Å². The van der Waals surface area contributed by atoms with Gasteiger partial charge in [0, 0.05) is 11.9 Å². The average Bonchev–Trinajstić information content (AvgIpc) is 2.04. The molecule has 0 aliphatic rings. The second-order valence-electron chi connectivity index (χ2n) is 2.66. The second kappa shape index (κ2) is 4.28. The molecule has 0 spiro atoms. The number of ether oxygens (including phenoxy) is 1. The molecular formula is C10H12ClNO. The third kappa shape index (κ3) is 2.46. The first-order chi connectivity index (χ1) is 6.15. The highest BCUT2D eigenvalue weighted by Crippen LogP contribution is 2.22. The van der Waals surface area contributed by atoms with Gasteiger partial charge in [-0.25, -0.2) is 0 Å². The Labute approximate surface area is 83.2 Å². The smallest absolute Gasteiger partial charge is 0.122 e. The van der Waals surface area contributed by atoms with E-state index in [1.54, 1.807) is 12.3 Å². The maximum atomic E-state index is 5.98. The van der Waals surface area contributed by atoms with Crippen molar-refractivity contribution in [2.45, 2.75) is 13.8 Å². The lowest BCUT2D eigenvalue weighted by Crippen LogP contribution is -1.93. The lowest BCUT2D eigenvalue weighted by atomic mass is 10.2. The number of pyridine rings is 1. The zero-order valence-corrected chi connectivity index (χ0v) is 8.56. The van der Waals surface area contributed by atoms with Crippen LogP contribution in [-0.4, -0.2) is 11.6 Å². The Kier molecular flexibility index (Phi) is 3.32. The van der Waals surface area contributed by atoms with Crippen LogP contribution in [0.15, 0.2) is 18.8 Å². The maximum Gasteiger partial charge on any atom is 0.122 e. The van der Waals surface area contributed by atoms with Crippen molar-refractivity contribution in [3.63, 3.8) is 0 Å². The van der Waals surface area contributed by atoms with E-state index in [-0.39, 0.29) is 0 Å². The summed E-state index contributed by atoms with van der Waals surface area (Å²) in [6.45, 7) is 8.14. The van der Waals surface area contributed by atoms with Crippen LogP contribution in [0, 0.1) is 6.92 Å². The number of aryl methyl sites for hydroxylation is 1. The molecule has 1 aromatic heterocycles. The highest BCUT2D eigenvalue weighted by molar-refractivity contribution is 6.32. The van der Waals surface area contributed by atoms with Crippen LogP contribution in [0.5, 0.6) is 0 Å². The quantitative estimate of drug-likeness (QED) is 0.695. The van der Waals surface area contributed by atoms with Crippen LogP contribution in [0.25, 0.3) is 5.76 Å². The van der Waals surface area contributed by atoms with E-state index < -0.39 is 0 Å². The molecule has 0 bridgehead atoms. The van der Waals surface area contributed by atoms with Crippen LogP contribution in [0.3, 0.4) is 0 Å². The summed E-state index contributed by atoms with van der Waals surface area (Å²) >= 11 is 5.98. The number of nitrogens with zero attached hydrogens (tertiary/aromatic N) is 1. The molecule has 0 N–H and O–H groups in total. The summed E-state index contributed by atoms with van der Waals surface area (Å²) in [5.74, 6) is 0.569. The standard InChI is InChI=1S/C10H12ClNO/c1-4-13-8(3)9-6-12-7(2)5-10(9)11/h5-6H,3-4H2,1-2H3. The van der Waals surface area contributed by atoms with Crippen molar-refractivity contribution < 1.29 is 4.74 Å². The van der Waals surface area contributed by atoms with Crippen molar-refractivity contribution in [3.8, 4) is 0 Å². The molecular weight excluding hydrogens is 186 g/mol. The van der Waals surface area contributed by atoms with Crippen LogP contribution in [0.4, 0.5) is 0 Å². The molecule has 0 aromatic carbocycles. The number of rotatable bonds is 3. The van der Waals surface area contributed by atoms with E-state index >= 15 is 0 Å². The first kappa shape index (κ1) is 10.1. The summed E-state index contributed by atoms with van der Waals surface area (Å²) in [6.07, 6.45) is 1.68. The van der Waals surface area contributed by atoms with Gasteiger partial charge in [0.1, 0.15) is 5.76 Å². The fourth-order valence-electron chi connectivity index (χ4n) is 0.984. The third-order valence-electron chi connectivity index (χ3n) is 1.61. The molecule has 0 atom stereocenters. The number of hydrogen-bond donors (Lipinski definition) is 0. The Morgan fingerprint density at radius 1 is 1.69 bits per heavy atom. The highest BCUT2D eigenvalue weighted by Gasteiger charge is 2.05. The van der Waals surface area contributed by atoms with Crippen molar-refractivity contribution >= 4 is 17.4 Å². The predicted molar refractivity (Wildman–Crippen MR) is 54.6 cm³/mol. The first-order valence-corrected chi connectivity index (χ1v) is 4.47. The maximum absolute atomic E-state index is 5.98. The van der Waals surface area contributed by atoms with Crippen LogP contribution in [-0.2, 0) is 4.74 Å². The monoisotopic (exact) mass is 197 g/mol. The van der Waals surface area contributed by atoms with Crippen LogP contribution in [0.1, 0.15) is 18.2 Å². The summed E-state index contributed by atoms with van der Waals surface area (Å²) in [7, 11) is 0. The Balaban J connectivity index is 2.95. The molecule has 70 valence electrons. The van der Waals surface area contributed by atoms with Gasteiger partial charge in [0.2, 0.25) is 0 Å². The SMILES string of the molecule is C=C(OCC)c1cnc(C)cc1Cl. The fourth-order valence-corrected chi connectivity index (χ4v) is 1.30. The predicted octanol–water partition coefficient (Wildman–Crippen LogP) is 3.05. The number of halogens is 1. The largest absolute Gasteiger partial charge is 0.494 e. The van der Waals surface area contributed by atoms with E-state index in [4.69, 9.17) is 16.3 Å². The van der Waals surface area contributed by atoms with Crippen LogP contribution >= 0.6 is 11.6 Å². The number of hydrogen-bond acceptors (Lipinski definition) is 2. The first-order valence-electron chi connectivity index (χ1n) is 4.09. The van der Waals surface area contributed by atoms with Gasteiger partial charge >= 0.3 is 0 Å². The minimum absolute atomic E-state index is 0.569. The molecule has 3 heteroatoms. The van der Waals surface area contributed by atoms with Gasteiger partial charge < -0.3 is 4.74 Å². The van der Waals surface area contributed by atoms with Gasteiger partial charge in [-0.3, -0.25) is 4.98 Å². The molecule has 0 amide bonds. The zero-order chi connectivity index (χ0) is 9.84. The Bertz CT molecular complexity index is 323. The molecule has 0 unspecified atom stereocenters. The Hall–Kier alpha value is -1.02. The minimum atomic E-state index is 0.569. The summed E-state index contributed by atoms with van der Waals surface area (Å²) in [6, 6.07) is 1.79. The van der Waals surface area contributed by atoms with E-state index in [1.165, 1.54) is 0 Å². The number of aromatic nitrogens is 1. The molecule has 2 nitrogen and oxygen atoms in total. The van der Waals surface area contributed by atoms with Gasteiger partial charge in [0.25, 0.3) is 0 Å². The van der Waals surface area contributed by atoms with Crippen molar-refractivity contribution in [1.82, 2.24) is 4.98 Å². The molecule has 0 saturated heterocycles. The topological polar surface area (TPSA) is 22.1 Å². The molecule has 0 radical (unpaired) electrons. The molecule has 0 fully saturated rings. The van der Waals surface area contributed by atoms with E-state index in [9.17, 15) is 0 Å². The van der Waals surface area contributed by atoms with Gasteiger partial charge in [0.15, 0.2) is 0 Å². The highest BCUT2D eigenvalue weighted by atomic mass is 35.5.